The Hall–Kier alpha value is -2.14. The molecule has 2 aromatic rings. The molecule has 5 nitrogen and oxygen atoms in total. The van der Waals surface area contributed by atoms with Gasteiger partial charge in [-0.15, -0.1) is 0 Å². The Balaban J connectivity index is 2.00. The second-order valence-corrected chi connectivity index (χ2v) is 5.41. The van der Waals surface area contributed by atoms with Gasteiger partial charge >= 0.3 is 0 Å². The largest absolute Gasteiger partial charge is 0.313 e. The molecule has 110 valence electrons. The van der Waals surface area contributed by atoms with Gasteiger partial charge in [0.05, 0.1) is 11.8 Å². The molecule has 0 bridgehead atoms. The standard InChI is InChI=1S/C16H20N4O/c1-11-13(10-18-19(11)3)16(21)20-9-8-14(17-2)12-6-4-5-7-15(12)20/h4-7,10,14,17H,8-9H2,1-3H3. The third-order valence-electron chi connectivity index (χ3n) is 4.30. The number of fused-ring (bicyclic) bond motifs is 1. The van der Waals surface area contributed by atoms with Gasteiger partial charge in [-0.2, -0.15) is 5.10 Å². The van der Waals surface area contributed by atoms with Crippen LogP contribution >= 0.6 is 0 Å². The number of benzene rings is 1. The van der Waals surface area contributed by atoms with E-state index in [1.54, 1.807) is 10.9 Å². The number of nitrogens with one attached hydrogen (secondary N) is 1. The van der Waals surface area contributed by atoms with Crippen molar-refractivity contribution in [2.75, 3.05) is 18.5 Å². The van der Waals surface area contributed by atoms with Crippen LogP contribution < -0.4 is 10.2 Å². The van der Waals surface area contributed by atoms with Crippen molar-refractivity contribution in [1.29, 1.82) is 0 Å². The first-order valence-electron chi connectivity index (χ1n) is 7.20. The van der Waals surface area contributed by atoms with E-state index in [0.29, 0.717) is 11.6 Å². The molecular weight excluding hydrogens is 264 g/mol. The van der Waals surface area contributed by atoms with E-state index in [4.69, 9.17) is 0 Å². The van der Waals surface area contributed by atoms with Gasteiger partial charge in [0.15, 0.2) is 0 Å². The summed E-state index contributed by atoms with van der Waals surface area (Å²) < 4.78 is 1.74. The van der Waals surface area contributed by atoms with E-state index in [1.165, 1.54) is 5.56 Å². The van der Waals surface area contributed by atoms with E-state index in [9.17, 15) is 4.79 Å². The summed E-state index contributed by atoms with van der Waals surface area (Å²) in [4.78, 5) is 14.7. The van der Waals surface area contributed by atoms with Gasteiger partial charge in [0.25, 0.3) is 5.91 Å². The second kappa shape index (κ2) is 5.33. The number of rotatable bonds is 2. The number of carbonyl (C=O) groups is 1. The lowest BCUT2D eigenvalue weighted by molar-refractivity contribution is 0.0983. The average Bonchev–Trinajstić information content (AvgIpc) is 2.85. The highest BCUT2D eigenvalue weighted by Gasteiger charge is 2.29. The topological polar surface area (TPSA) is 50.2 Å². The van der Waals surface area contributed by atoms with E-state index in [-0.39, 0.29) is 5.91 Å². The number of aromatic nitrogens is 2. The predicted molar refractivity (Wildman–Crippen MR) is 82.5 cm³/mol. The van der Waals surface area contributed by atoms with Gasteiger partial charge in [-0.05, 0) is 32.0 Å². The lowest BCUT2D eigenvalue weighted by Gasteiger charge is -2.34. The molecule has 3 rings (SSSR count). The van der Waals surface area contributed by atoms with E-state index < -0.39 is 0 Å². The van der Waals surface area contributed by atoms with Crippen LogP contribution in [0.3, 0.4) is 0 Å². The highest BCUT2D eigenvalue weighted by atomic mass is 16.2. The maximum absolute atomic E-state index is 12.8. The van der Waals surface area contributed by atoms with Gasteiger partial charge in [0.1, 0.15) is 0 Å². The highest BCUT2D eigenvalue weighted by molar-refractivity contribution is 6.07. The first-order valence-corrected chi connectivity index (χ1v) is 7.20. The van der Waals surface area contributed by atoms with Crippen LogP contribution in [0.1, 0.15) is 34.1 Å². The van der Waals surface area contributed by atoms with Crippen LogP contribution in [0.2, 0.25) is 0 Å². The molecule has 1 amide bonds. The van der Waals surface area contributed by atoms with Gasteiger partial charge in [0.2, 0.25) is 0 Å². The van der Waals surface area contributed by atoms with Crippen molar-refractivity contribution in [3.8, 4) is 0 Å². The average molecular weight is 284 g/mol. The van der Waals surface area contributed by atoms with Crippen molar-refractivity contribution in [2.45, 2.75) is 19.4 Å². The summed E-state index contributed by atoms with van der Waals surface area (Å²) >= 11 is 0. The molecule has 1 aromatic carbocycles. The first-order chi connectivity index (χ1) is 10.1. The third kappa shape index (κ3) is 2.23. The molecule has 1 aliphatic heterocycles. The molecule has 0 aliphatic carbocycles. The van der Waals surface area contributed by atoms with Crippen LogP contribution in [0.25, 0.3) is 0 Å². The smallest absolute Gasteiger partial charge is 0.261 e. The molecule has 0 saturated heterocycles. The minimum atomic E-state index is 0.0302. The van der Waals surface area contributed by atoms with E-state index >= 15 is 0 Å². The summed E-state index contributed by atoms with van der Waals surface area (Å²) in [5.74, 6) is 0.0302. The van der Waals surface area contributed by atoms with Gasteiger partial charge in [-0.1, -0.05) is 18.2 Å². The van der Waals surface area contributed by atoms with Gasteiger partial charge in [0, 0.05) is 31.0 Å². The van der Waals surface area contributed by atoms with Crippen molar-refractivity contribution in [3.05, 3.63) is 47.3 Å². The Kier molecular flexibility index (Phi) is 3.51. The Labute approximate surface area is 124 Å². The zero-order valence-corrected chi connectivity index (χ0v) is 12.6. The molecule has 1 N–H and O–H groups in total. The summed E-state index contributed by atoms with van der Waals surface area (Å²) in [5, 5.41) is 7.50. The molecule has 1 unspecified atom stereocenters. The number of aryl methyl sites for hydroxylation is 1. The Morgan fingerprint density at radius 2 is 2.14 bits per heavy atom. The van der Waals surface area contributed by atoms with Crippen LogP contribution in [0, 0.1) is 6.92 Å². The fourth-order valence-corrected chi connectivity index (χ4v) is 2.93. The van der Waals surface area contributed by atoms with Crippen molar-refractivity contribution in [3.63, 3.8) is 0 Å². The molecule has 0 radical (unpaired) electrons. The number of carbonyl (C=O) groups excluding carboxylic acids is 1. The second-order valence-electron chi connectivity index (χ2n) is 5.41. The number of amides is 1. The lowest BCUT2D eigenvalue weighted by Crippen LogP contribution is -2.39. The minimum Gasteiger partial charge on any atom is -0.313 e. The van der Waals surface area contributed by atoms with E-state index in [1.807, 2.05) is 44.1 Å². The number of para-hydroxylation sites is 1. The molecule has 0 spiro atoms. The zero-order valence-electron chi connectivity index (χ0n) is 12.6. The Bertz CT molecular complexity index is 677. The molecule has 0 saturated carbocycles. The van der Waals surface area contributed by atoms with Crippen molar-refractivity contribution >= 4 is 11.6 Å². The molecule has 1 aromatic heterocycles. The lowest BCUT2D eigenvalue weighted by atomic mass is 9.96. The quantitative estimate of drug-likeness (QED) is 0.918. The normalized spacial score (nSPS) is 17.7. The van der Waals surface area contributed by atoms with Crippen LogP contribution in [-0.4, -0.2) is 29.3 Å². The SMILES string of the molecule is CNC1CCN(C(=O)c2cnn(C)c2C)c2ccccc21. The minimum absolute atomic E-state index is 0.0302. The number of nitrogens with zero attached hydrogens (tertiary/aromatic N) is 3. The summed E-state index contributed by atoms with van der Waals surface area (Å²) in [6, 6.07) is 8.41. The number of hydrogen-bond donors (Lipinski definition) is 1. The molecule has 1 aliphatic rings. The monoisotopic (exact) mass is 284 g/mol. The predicted octanol–water partition coefficient (Wildman–Crippen LogP) is 2.04. The van der Waals surface area contributed by atoms with Crippen LogP contribution in [0.4, 0.5) is 5.69 Å². The third-order valence-corrected chi connectivity index (χ3v) is 4.30. The zero-order chi connectivity index (χ0) is 15.0. The van der Waals surface area contributed by atoms with E-state index in [0.717, 1.165) is 24.3 Å². The fraction of sp³-hybridized carbons (Fsp3) is 0.375. The van der Waals surface area contributed by atoms with Crippen LogP contribution in [0.15, 0.2) is 30.5 Å². The summed E-state index contributed by atoms with van der Waals surface area (Å²) in [7, 11) is 3.82. The fourth-order valence-electron chi connectivity index (χ4n) is 2.93. The van der Waals surface area contributed by atoms with E-state index in [2.05, 4.69) is 16.5 Å². The highest BCUT2D eigenvalue weighted by Crippen LogP contribution is 2.34. The van der Waals surface area contributed by atoms with Crippen LogP contribution in [-0.2, 0) is 7.05 Å². The summed E-state index contributed by atoms with van der Waals surface area (Å²) in [6.07, 6.45) is 2.57. The molecule has 0 fully saturated rings. The molecule has 1 atom stereocenters. The maximum Gasteiger partial charge on any atom is 0.261 e. The molecular formula is C16H20N4O. The summed E-state index contributed by atoms with van der Waals surface area (Å²) in [6.45, 7) is 2.64. The van der Waals surface area contributed by atoms with Crippen molar-refractivity contribution in [2.24, 2.45) is 7.05 Å². The molecule has 2 heterocycles. The van der Waals surface area contributed by atoms with Crippen molar-refractivity contribution < 1.29 is 4.79 Å². The summed E-state index contributed by atoms with van der Waals surface area (Å²) in [5.41, 5.74) is 3.75. The van der Waals surface area contributed by atoms with Gasteiger partial charge in [-0.3, -0.25) is 9.48 Å². The van der Waals surface area contributed by atoms with Crippen molar-refractivity contribution in [1.82, 2.24) is 15.1 Å². The van der Waals surface area contributed by atoms with Gasteiger partial charge in [-0.25, -0.2) is 0 Å². The maximum atomic E-state index is 12.8. The Morgan fingerprint density at radius 1 is 1.38 bits per heavy atom. The van der Waals surface area contributed by atoms with Gasteiger partial charge < -0.3 is 10.2 Å². The van der Waals surface area contributed by atoms with Crippen LogP contribution in [0.5, 0.6) is 0 Å². The first kappa shape index (κ1) is 13.8. The molecule has 5 heteroatoms. The number of hydrogen-bond acceptors (Lipinski definition) is 3. The Morgan fingerprint density at radius 3 is 2.81 bits per heavy atom. The number of anilines is 1. The molecule has 21 heavy (non-hydrogen) atoms.